The zero-order chi connectivity index (χ0) is 13.8. The van der Waals surface area contributed by atoms with Crippen molar-refractivity contribution in [2.75, 3.05) is 36.5 Å². The third-order valence-corrected chi connectivity index (χ3v) is 3.91. The first-order valence-electron chi connectivity index (χ1n) is 6.62. The van der Waals surface area contributed by atoms with Crippen molar-refractivity contribution in [3.05, 3.63) is 46.2 Å². The van der Waals surface area contributed by atoms with Crippen molar-refractivity contribution in [3.8, 4) is 0 Å². The smallest absolute Gasteiger partial charge is 0.131 e. The first kappa shape index (κ1) is 13.6. The summed E-state index contributed by atoms with van der Waals surface area (Å²) in [5.41, 5.74) is 2.30. The van der Waals surface area contributed by atoms with Crippen molar-refractivity contribution in [2.24, 2.45) is 0 Å². The first-order valence-corrected chi connectivity index (χ1v) is 7.70. The Morgan fingerprint density at radius 3 is 2.55 bits per heavy atom. The summed E-state index contributed by atoms with van der Waals surface area (Å²) >= 11 is 2.28. The van der Waals surface area contributed by atoms with E-state index in [2.05, 4.69) is 62.1 Å². The molecule has 0 saturated carbocycles. The minimum Gasteiger partial charge on any atom is -0.378 e. The fraction of sp³-hybridized carbons (Fsp3) is 0.267. The highest BCUT2D eigenvalue weighted by atomic mass is 127. The Balaban J connectivity index is 1.69. The standard InChI is InChI=1S/C15H16IN3O/c16-12-5-6-17-15(11-12)18-13-1-3-14(4-2-13)19-7-9-20-10-8-19/h1-6,11H,7-10H2,(H,17,18). The highest BCUT2D eigenvalue weighted by Gasteiger charge is 2.10. The second kappa shape index (κ2) is 6.41. The lowest BCUT2D eigenvalue weighted by Crippen LogP contribution is -2.36. The Bertz CT molecular complexity index is 568. The lowest BCUT2D eigenvalue weighted by Gasteiger charge is -2.28. The number of halogens is 1. The molecule has 0 radical (unpaired) electrons. The SMILES string of the molecule is Ic1ccnc(Nc2ccc(N3CCOCC3)cc2)c1. The average Bonchev–Trinajstić information content (AvgIpc) is 2.49. The summed E-state index contributed by atoms with van der Waals surface area (Å²) in [6.45, 7) is 3.55. The molecule has 2 aromatic rings. The molecule has 20 heavy (non-hydrogen) atoms. The molecule has 0 unspecified atom stereocenters. The Hall–Kier alpha value is -1.34. The van der Waals surface area contributed by atoms with Crippen LogP contribution in [0.25, 0.3) is 0 Å². The number of hydrogen-bond acceptors (Lipinski definition) is 4. The molecule has 1 aromatic carbocycles. The minimum absolute atomic E-state index is 0.812. The van der Waals surface area contributed by atoms with Crippen LogP contribution in [0.4, 0.5) is 17.2 Å². The molecular weight excluding hydrogens is 365 g/mol. The van der Waals surface area contributed by atoms with Gasteiger partial charge in [0.1, 0.15) is 5.82 Å². The Morgan fingerprint density at radius 1 is 1.10 bits per heavy atom. The summed E-state index contributed by atoms with van der Waals surface area (Å²) in [6, 6.07) is 12.5. The molecule has 1 aliphatic rings. The van der Waals surface area contributed by atoms with E-state index in [1.165, 1.54) is 9.26 Å². The van der Waals surface area contributed by atoms with Gasteiger partial charge in [-0.15, -0.1) is 0 Å². The van der Waals surface area contributed by atoms with Crippen LogP contribution in [0.2, 0.25) is 0 Å². The number of morpholine rings is 1. The maximum atomic E-state index is 5.37. The quantitative estimate of drug-likeness (QED) is 0.829. The van der Waals surface area contributed by atoms with Gasteiger partial charge in [-0.25, -0.2) is 4.98 Å². The minimum atomic E-state index is 0.812. The van der Waals surface area contributed by atoms with E-state index in [0.29, 0.717) is 0 Å². The van der Waals surface area contributed by atoms with Crippen molar-refractivity contribution in [3.63, 3.8) is 0 Å². The van der Waals surface area contributed by atoms with Crippen LogP contribution >= 0.6 is 22.6 Å². The van der Waals surface area contributed by atoms with Gasteiger partial charge in [-0.05, 0) is 59.0 Å². The summed E-state index contributed by atoms with van der Waals surface area (Å²) in [5, 5.41) is 3.32. The van der Waals surface area contributed by atoms with Gasteiger partial charge < -0.3 is 15.0 Å². The molecular formula is C15H16IN3O. The van der Waals surface area contributed by atoms with E-state index < -0.39 is 0 Å². The summed E-state index contributed by atoms with van der Waals surface area (Å²) in [6.07, 6.45) is 1.81. The molecule has 4 nitrogen and oxygen atoms in total. The van der Waals surface area contributed by atoms with Crippen molar-refractivity contribution in [2.45, 2.75) is 0 Å². The third kappa shape index (κ3) is 3.40. The number of benzene rings is 1. The van der Waals surface area contributed by atoms with E-state index in [9.17, 15) is 0 Å². The summed E-state index contributed by atoms with van der Waals surface area (Å²) < 4.78 is 6.54. The third-order valence-electron chi connectivity index (χ3n) is 3.24. The van der Waals surface area contributed by atoms with E-state index in [1.807, 2.05) is 18.3 Å². The van der Waals surface area contributed by atoms with E-state index in [0.717, 1.165) is 37.8 Å². The largest absolute Gasteiger partial charge is 0.378 e. The van der Waals surface area contributed by atoms with Crippen LogP contribution in [0, 0.1) is 3.57 Å². The predicted molar refractivity (Wildman–Crippen MR) is 89.7 cm³/mol. The normalized spacial score (nSPS) is 15.2. The van der Waals surface area contributed by atoms with Gasteiger partial charge >= 0.3 is 0 Å². The number of anilines is 3. The number of rotatable bonds is 3. The Morgan fingerprint density at radius 2 is 1.85 bits per heavy atom. The molecule has 1 fully saturated rings. The predicted octanol–water partition coefficient (Wildman–Crippen LogP) is 3.27. The number of ether oxygens (including phenoxy) is 1. The summed E-state index contributed by atoms with van der Waals surface area (Å²) in [7, 11) is 0. The Labute approximate surface area is 132 Å². The van der Waals surface area contributed by atoms with E-state index in [1.54, 1.807) is 0 Å². The number of nitrogens with zero attached hydrogens (tertiary/aromatic N) is 2. The summed E-state index contributed by atoms with van der Waals surface area (Å²) in [4.78, 5) is 6.65. The second-order valence-electron chi connectivity index (χ2n) is 4.63. The van der Waals surface area contributed by atoms with Gasteiger partial charge in [-0.3, -0.25) is 0 Å². The van der Waals surface area contributed by atoms with E-state index in [-0.39, 0.29) is 0 Å². The molecule has 3 rings (SSSR count). The molecule has 1 saturated heterocycles. The first-order chi connectivity index (χ1) is 9.81. The fourth-order valence-corrected chi connectivity index (χ4v) is 2.65. The van der Waals surface area contributed by atoms with Crippen LogP contribution in [0.5, 0.6) is 0 Å². The molecule has 1 aliphatic heterocycles. The highest BCUT2D eigenvalue weighted by Crippen LogP contribution is 2.21. The van der Waals surface area contributed by atoms with Gasteiger partial charge in [0.05, 0.1) is 13.2 Å². The molecule has 1 N–H and O–H groups in total. The van der Waals surface area contributed by atoms with Crippen LogP contribution in [-0.4, -0.2) is 31.3 Å². The molecule has 0 aliphatic carbocycles. The monoisotopic (exact) mass is 381 g/mol. The zero-order valence-electron chi connectivity index (χ0n) is 11.1. The van der Waals surface area contributed by atoms with Crippen molar-refractivity contribution < 1.29 is 4.74 Å². The lowest BCUT2D eigenvalue weighted by atomic mass is 10.2. The number of hydrogen-bond donors (Lipinski definition) is 1. The molecule has 0 amide bonds. The maximum Gasteiger partial charge on any atom is 0.131 e. The average molecular weight is 381 g/mol. The van der Waals surface area contributed by atoms with Crippen molar-refractivity contribution in [1.82, 2.24) is 4.98 Å². The molecule has 5 heteroatoms. The molecule has 104 valence electrons. The number of pyridine rings is 1. The van der Waals surface area contributed by atoms with Crippen LogP contribution in [0.3, 0.4) is 0 Å². The number of aromatic nitrogens is 1. The van der Waals surface area contributed by atoms with Gasteiger partial charge in [0.25, 0.3) is 0 Å². The molecule has 2 heterocycles. The lowest BCUT2D eigenvalue weighted by molar-refractivity contribution is 0.122. The molecule has 1 aromatic heterocycles. The van der Waals surface area contributed by atoms with Crippen LogP contribution in [-0.2, 0) is 4.74 Å². The fourth-order valence-electron chi connectivity index (χ4n) is 2.20. The highest BCUT2D eigenvalue weighted by molar-refractivity contribution is 14.1. The van der Waals surface area contributed by atoms with Crippen LogP contribution in [0.1, 0.15) is 0 Å². The topological polar surface area (TPSA) is 37.4 Å². The maximum absolute atomic E-state index is 5.37. The molecule has 0 atom stereocenters. The van der Waals surface area contributed by atoms with Crippen molar-refractivity contribution in [1.29, 1.82) is 0 Å². The molecule has 0 bridgehead atoms. The Kier molecular flexibility index (Phi) is 4.37. The van der Waals surface area contributed by atoms with Gasteiger partial charge in [0.2, 0.25) is 0 Å². The second-order valence-corrected chi connectivity index (χ2v) is 5.88. The van der Waals surface area contributed by atoms with Crippen molar-refractivity contribution >= 4 is 39.8 Å². The van der Waals surface area contributed by atoms with Gasteiger partial charge in [-0.2, -0.15) is 0 Å². The van der Waals surface area contributed by atoms with E-state index in [4.69, 9.17) is 4.74 Å². The van der Waals surface area contributed by atoms with Gasteiger partial charge in [0, 0.05) is 34.2 Å². The zero-order valence-corrected chi connectivity index (χ0v) is 13.2. The molecule has 0 spiro atoms. The van der Waals surface area contributed by atoms with Gasteiger partial charge in [0.15, 0.2) is 0 Å². The van der Waals surface area contributed by atoms with Crippen LogP contribution in [0.15, 0.2) is 42.6 Å². The number of nitrogens with one attached hydrogen (secondary N) is 1. The van der Waals surface area contributed by atoms with Crippen LogP contribution < -0.4 is 10.2 Å². The van der Waals surface area contributed by atoms with Gasteiger partial charge in [-0.1, -0.05) is 0 Å². The summed E-state index contributed by atoms with van der Waals surface area (Å²) in [5.74, 6) is 0.871. The van der Waals surface area contributed by atoms with E-state index >= 15 is 0 Å².